The molecule has 1 aliphatic carbocycles. The molecule has 0 aliphatic heterocycles. The Labute approximate surface area is 115 Å². The van der Waals surface area contributed by atoms with Crippen molar-refractivity contribution >= 4 is 12.0 Å². The van der Waals surface area contributed by atoms with Crippen molar-refractivity contribution in [2.45, 2.75) is 70.9 Å². The fourth-order valence-electron chi connectivity index (χ4n) is 2.59. The molecular formula is C14H26N2O3. The lowest BCUT2D eigenvalue weighted by Crippen LogP contribution is -2.52. The van der Waals surface area contributed by atoms with Crippen molar-refractivity contribution in [2.24, 2.45) is 5.92 Å². The molecule has 0 aromatic heterocycles. The molecule has 1 aliphatic rings. The van der Waals surface area contributed by atoms with Gasteiger partial charge in [0.25, 0.3) is 0 Å². The maximum absolute atomic E-state index is 12.1. The van der Waals surface area contributed by atoms with Gasteiger partial charge in [0.1, 0.15) is 6.04 Å². The lowest BCUT2D eigenvalue weighted by Gasteiger charge is -2.28. The van der Waals surface area contributed by atoms with Gasteiger partial charge in [0.15, 0.2) is 0 Å². The number of hydrogen-bond acceptors (Lipinski definition) is 2. The second kappa shape index (κ2) is 6.78. The van der Waals surface area contributed by atoms with Gasteiger partial charge in [0.05, 0.1) is 0 Å². The smallest absolute Gasteiger partial charge is 0.405 e. The third-order valence-electron chi connectivity index (χ3n) is 3.41. The molecule has 0 heterocycles. The third-order valence-corrected chi connectivity index (χ3v) is 3.41. The molecule has 5 nitrogen and oxygen atoms in total. The SMILES string of the molecule is CC(C)(C)NC(=O)C(CC1CCCCC1)NC(=O)O. The zero-order valence-corrected chi connectivity index (χ0v) is 12.2. The Morgan fingerprint density at radius 3 is 2.26 bits per heavy atom. The summed E-state index contributed by atoms with van der Waals surface area (Å²) in [7, 11) is 0. The maximum atomic E-state index is 12.1. The minimum absolute atomic E-state index is 0.222. The molecule has 1 fully saturated rings. The van der Waals surface area contributed by atoms with E-state index in [0.717, 1.165) is 12.8 Å². The molecule has 1 atom stereocenters. The Hall–Kier alpha value is -1.26. The average molecular weight is 270 g/mol. The summed E-state index contributed by atoms with van der Waals surface area (Å²) in [5.41, 5.74) is -0.345. The Morgan fingerprint density at radius 2 is 1.79 bits per heavy atom. The number of carbonyl (C=O) groups is 2. The number of rotatable bonds is 4. The van der Waals surface area contributed by atoms with E-state index in [1.807, 2.05) is 20.8 Å². The fourth-order valence-corrected chi connectivity index (χ4v) is 2.59. The zero-order valence-electron chi connectivity index (χ0n) is 12.2. The van der Waals surface area contributed by atoms with Gasteiger partial charge in [-0.3, -0.25) is 4.79 Å². The molecule has 0 bridgehead atoms. The highest BCUT2D eigenvalue weighted by Crippen LogP contribution is 2.27. The third kappa shape index (κ3) is 6.45. The van der Waals surface area contributed by atoms with E-state index in [1.54, 1.807) is 0 Å². The molecule has 0 spiro atoms. The molecule has 0 saturated heterocycles. The summed E-state index contributed by atoms with van der Waals surface area (Å²) in [6.45, 7) is 5.68. The summed E-state index contributed by atoms with van der Waals surface area (Å²) >= 11 is 0. The van der Waals surface area contributed by atoms with Crippen LogP contribution >= 0.6 is 0 Å². The second-order valence-electron chi connectivity index (χ2n) is 6.48. The molecule has 0 aromatic carbocycles. The number of hydrogen-bond donors (Lipinski definition) is 3. The maximum Gasteiger partial charge on any atom is 0.405 e. The van der Waals surface area contributed by atoms with Crippen molar-refractivity contribution in [3.05, 3.63) is 0 Å². The van der Waals surface area contributed by atoms with E-state index in [4.69, 9.17) is 5.11 Å². The highest BCUT2D eigenvalue weighted by molar-refractivity contribution is 5.85. The Bertz CT molecular complexity index is 317. The van der Waals surface area contributed by atoms with E-state index in [1.165, 1.54) is 19.3 Å². The molecule has 0 aromatic rings. The van der Waals surface area contributed by atoms with Gasteiger partial charge in [-0.15, -0.1) is 0 Å². The van der Waals surface area contributed by atoms with Crippen LogP contribution in [0, 0.1) is 5.92 Å². The fraction of sp³-hybridized carbons (Fsp3) is 0.857. The van der Waals surface area contributed by atoms with Crippen molar-refractivity contribution in [3.63, 3.8) is 0 Å². The van der Waals surface area contributed by atoms with Gasteiger partial charge in [0, 0.05) is 5.54 Å². The standard InChI is InChI=1S/C14H26N2O3/c1-14(2,3)16-12(17)11(15-13(18)19)9-10-7-5-4-6-8-10/h10-11,15H,4-9H2,1-3H3,(H,16,17)(H,18,19). The summed E-state index contributed by atoms with van der Waals surface area (Å²) < 4.78 is 0. The zero-order chi connectivity index (χ0) is 14.5. The molecule has 1 saturated carbocycles. The molecule has 1 rings (SSSR count). The Morgan fingerprint density at radius 1 is 1.21 bits per heavy atom. The van der Waals surface area contributed by atoms with Gasteiger partial charge >= 0.3 is 6.09 Å². The van der Waals surface area contributed by atoms with Gasteiger partial charge in [-0.1, -0.05) is 32.1 Å². The summed E-state index contributed by atoms with van der Waals surface area (Å²) in [6.07, 6.45) is 5.29. The predicted octanol–water partition coefficient (Wildman–Crippen LogP) is 2.51. The normalized spacial score (nSPS) is 18.7. The van der Waals surface area contributed by atoms with Crippen LogP contribution in [0.1, 0.15) is 59.3 Å². The Balaban J connectivity index is 2.59. The van der Waals surface area contributed by atoms with Crippen LogP contribution in [-0.2, 0) is 4.79 Å². The number of carboxylic acid groups (broad SMARTS) is 1. The van der Waals surface area contributed by atoms with Gasteiger partial charge in [-0.05, 0) is 33.1 Å². The van der Waals surface area contributed by atoms with E-state index < -0.39 is 12.1 Å². The molecule has 110 valence electrons. The summed E-state index contributed by atoms with van der Waals surface area (Å²) in [5, 5.41) is 14.1. The van der Waals surface area contributed by atoms with Crippen LogP contribution in [0.25, 0.3) is 0 Å². The van der Waals surface area contributed by atoms with Crippen molar-refractivity contribution in [3.8, 4) is 0 Å². The minimum atomic E-state index is -1.13. The lowest BCUT2D eigenvalue weighted by atomic mass is 9.84. The molecule has 2 amide bonds. The molecule has 19 heavy (non-hydrogen) atoms. The van der Waals surface area contributed by atoms with Crippen LogP contribution < -0.4 is 10.6 Å². The molecular weight excluding hydrogens is 244 g/mol. The second-order valence-corrected chi connectivity index (χ2v) is 6.48. The number of carbonyl (C=O) groups excluding carboxylic acids is 1. The summed E-state index contributed by atoms with van der Waals surface area (Å²) in [4.78, 5) is 23.0. The number of amides is 2. The van der Waals surface area contributed by atoms with Crippen molar-refractivity contribution in [2.75, 3.05) is 0 Å². The quantitative estimate of drug-likeness (QED) is 0.734. The van der Waals surface area contributed by atoms with E-state index >= 15 is 0 Å². The predicted molar refractivity (Wildman–Crippen MR) is 74.0 cm³/mol. The van der Waals surface area contributed by atoms with Crippen LogP contribution in [0.4, 0.5) is 4.79 Å². The van der Waals surface area contributed by atoms with Gasteiger partial charge in [-0.2, -0.15) is 0 Å². The first-order chi connectivity index (χ1) is 8.78. The molecule has 3 N–H and O–H groups in total. The van der Waals surface area contributed by atoms with Crippen molar-refractivity contribution < 1.29 is 14.7 Å². The first-order valence-electron chi connectivity index (χ1n) is 7.09. The van der Waals surface area contributed by atoms with Crippen molar-refractivity contribution in [1.29, 1.82) is 0 Å². The first kappa shape index (κ1) is 15.8. The average Bonchev–Trinajstić information content (AvgIpc) is 2.26. The monoisotopic (exact) mass is 270 g/mol. The topological polar surface area (TPSA) is 78.4 Å². The Kier molecular flexibility index (Phi) is 5.63. The number of nitrogens with one attached hydrogen (secondary N) is 2. The van der Waals surface area contributed by atoms with Gasteiger partial charge < -0.3 is 15.7 Å². The molecule has 5 heteroatoms. The minimum Gasteiger partial charge on any atom is -0.465 e. The summed E-state index contributed by atoms with van der Waals surface area (Å²) in [6, 6.07) is -0.639. The lowest BCUT2D eigenvalue weighted by molar-refractivity contribution is -0.125. The van der Waals surface area contributed by atoms with E-state index in [-0.39, 0.29) is 11.4 Å². The van der Waals surface area contributed by atoms with Crippen molar-refractivity contribution in [1.82, 2.24) is 10.6 Å². The van der Waals surface area contributed by atoms with Crippen LogP contribution in [0.5, 0.6) is 0 Å². The van der Waals surface area contributed by atoms with Crippen LogP contribution in [0.15, 0.2) is 0 Å². The molecule has 0 radical (unpaired) electrons. The highest BCUT2D eigenvalue weighted by Gasteiger charge is 2.27. The van der Waals surface area contributed by atoms with E-state index in [9.17, 15) is 9.59 Å². The highest BCUT2D eigenvalue weighted by atomic mass is 16.4. The van der Waals surface area contributed by atoms with Crippen LogP contribution in [0.2, 0.25) is 0 Å². The largest absolute Gasteiger partial charge is 0.465 e. The van der Waals surface area contributed by atoms with Crippen LogP contribution in [-0.4, -0.2) is 28.7 Å². The van der Waals surface area contributed by atoms with E-state index in [2.05, 4.69) is 10.6 Å². The van der Waals surface area contributed by atoms with E-state index in [0.29, 0.717) is 12.3 Å². The summed E-state index contributed by atoms with van der Waals surface area (Å²) in [5.74, 6) is 0.233. The first-order valence-corrected chi connectivity index (χ1v) is 7.09. The van der Waals surface area contributed by atoms with Gasteiger partial charge in [-0.25, -0.2) is 4.79 Å². The molecule has 1 unspecified atom stereocenters. The van der Waals surface area contributed by atoms with Crippen LogP contribution in [0.3, 0.4) is 0 Å². The van der Waals surface area contributed by atoms with Gasteiger partial charge in [0.2, 0.25) is 5.91 Å².